The Morgan fingerprint density at radius 1 is 0.920 bits per heavy atom. The van der Waals surface area contributed by atoms with E-state index in [2.05, 4.69) is 15.3 Å². The first kappa shape index (κ1) is 16.8. The van der Waals surface area contributed by atoms with Gasteiger partial charge >= 0.3 is 6.18 Å². The highest BCUT2D eigenvalue weighted by atomic mass is 19.4. The van der Waals surface area contributed by atoms with Crippen LogP contribution in [0.15, 0.2) is 42.5 Å². The first-order valence-electron chi connectivity index (χ1n) is 7.25. The van der Waals surface area contributed by atoms with Crippen LogP contribution in [0.1, 0.15) is 5.82 Å². The molecule has 5 nitrogen and oxygen atoms in total. The number of aromatic nitrogens is 2. The van der Waals surface area contributed by atoms with Crippen LogP contribution in [-0.2, 0) is 6.18 Å². The molecule has 0 aliphatic rings. The summed E-state index contributed by atoms with van der Waals surface area (Å²) in [5, 5.41) is 3.34. The van der Waals surface area contributed by atoms with E-state index < -0.39 is 12.0 Å². The second-order valence-electron chi connectivity index (χ2n) is 5.13. The normalized spacial score (nSPS) is 11.4. The minimum atomic E-state index is -4.66. The first-order chi connectivity index (χ1) is 11.9. The van der Waals surface area contributed by atoms with E-state index in [1.54, 1.807) is 36.4 Å². The van der Waals surface area contributed by atoms with Crippen molar-refractivity contribution in [1.82, 2.24) is 9.97 Å². The monoisotopic (exact) mass is 349 g/mol. The van der Waals surface area contributed by atoms with Gasteiger partial charge in [-0.05, 0) is 24.3 Å². The maximum absolute atomic E-state index is 13.1. The van der Waals surface area contributed by atoms with E-state index in [9.17, 15) is 13.2 Å². The van der Waals surface area contributed by atoms with Gasteiger partial charge in [0.25, 0.3) is 0 Å². The fourth-order valence-electron chi connectivity index (χ4n) is 2.30. The molecule has 8 heteroatoms. The van der Waals surface area contributed by atoms with E-state index >= 15 is 0 Å². The minimum absolute atomic E-state index is 0.0493. The molecule has 3 rings (SSSR count). The van der Waals surface area contributed by atoms with Crippen LogP contribution in [0.3, 0.4) is 0 Å². The van der Waals surface area contributed by atoms with Gasteiger partial charge in [0, 0.05) is 23.2 Å². The first-order valence-corrected chi connectivity index (χ1v) is 7.25. The Hall–Kier alpha value is -3.03. The number of hydrogen-bond acceptors (Lipinski definition) is 5. The van der Waals surface area contributed by atoms with E-state index in [0.29, 0.717) is 22.6 Å². The zero-order valence-electron chi connectivity index (χ0n) is 13.4. The molecule has 0 fully saturated rings. The van der Waals surface area contributed by atoms with Gasteiger partial charge in [-0.15, -0.1) is 0 Å². The molecule has 1 heterocycles. The third-order valence-electron chi connectivity index (χ3n) is 3.49. The molecule has 0 bridgehead atoms. The second-order valence-corrected chi connectivity index (χ2v) is 5.13. The Morgan fingerprint density at radius 2 is 1.64 bits per heavy atom. The summed E-state index contributed by atoms with van der Waals surface area (Å²) in [6.45, 7) is 0. The Morgan fingerprint density at radius 3 is 2.32 bits per heavy atom. The van der Waals surface area contributed by atoms with Crippen molar-refractivity contribution in [3.05, 3.63) is 48.3 Å². The Labute approximate surface area is 141 Å². The molecular weight excluding hydrogens is 335 g/mol. The number of alkyl halides is 3. The van der Waals surface area contributed by atoms with Crippen molar-refractivity contribution in [2.45, 2.75) is 6.18 Å². The zero-order valence-corrected chi connectivity index (χ0v) is 13.4. The number of rotatable bonds is 4. The predicted molar refractivity (Wildman–Crippen MR) is 87.4 cm³/mol. The third kappa shape index (κ3) is 3.57. The summed E-state index contributed by atoms with van der Waals surface area (Å²) < 4.78 is 49.6. The Bertz CT molecular complexity index is 913. The van der Waals surface area contributed by atoms with Gasteiger partial charge in [-0.3, -0.25) is 0 Å². The third-order valence-corrected chi connectivity index (χ3v) is 3.49. The molecule has 3 aromatic rings. The van der Waals surface area contributed by atoms with E-state index in [-0.39, 0.29) is 11.3 Å². The lowest BCUT2D eigenvalue weighted by molar-refractivity contribution is -0.144. The second kappa shape index (κ2) is 6.46. The maximum Gasteiger partial charge on any atom is 0.451 e. The lowest BCUT2D eigenvalue weighted by Crippen LogP contribution is -2.12. The van der Waals surface area contributed by atoms with Gasteiger partial charge in [0.1, 0.15) is 17.3 Å². The van der Waals surface area contributed by atoms with Gasteiger partial charge in [0.15, 0.2) is 0 Å². The van der Waals surface area contributed by atoms with E-state index in [0.717, 1.165) is 0 Å². The molecular formula is C17H14F3N3O2. The van der Waals surface area contributed by atoms with Gasteiger partial charge in [-0.1, -0.05) is 6.07 Å². The van der Waals surface area contributed by atoms with Crippen LogP contribution in [-0.4, -0.2) is 24.2 Å². The van der Waals surface area contributed by atoms with E-state index in [4.69, 9.17) is 9.47 Å². The summed E-state index contributed by atoms with van der Waals surface area (Å²) in [4.78, 5) is 7.26. The standard InChI is InChI=1S/C17H14F3N3O2/c1-24-11-5-3-4-10(8-11)21-15-13-7-6-12(25-2)9-14(13)22-16(23-15)17(18,19)20/h3-9H,1-2H3,(H,21,22,23). The van der Waals surface area contributed by atoms with Crippen LogP contribution < -0.4 is 14.8 Å². The number of benzene rings is 2. The molecule has 0 saturated heterocycles. The van der Waals surface area contributed by atoms with Crippen molar-refractivity contribution in [1.29, 1.82) is 0 Å². The average molecular weight is 349 g/mol. The lowest BCUT2D eigenvalue weighted by atomic mass is 10.2. The number of hydrogen-bond donors (Lipinski definition) is 1. The summed E-state index contributed by atoms with van der Waals surface area (Å²) in [5.74, 6) is -0.195. The number of fused-ring (bicyclic) bond motifs is 1. The molecule has 1 aromatic heterocycles. The summed E-state index contributed by atoms with van der Waals surface area (Å²) in [6.07, 6.45) is -4.66. The molecule has 25 heavy (non-hydrogen) atoms. The minimum Gasteiger partial charge on any atom is -0.497 e. The molecule has 0 aliphatic carbocycles. The summed E-state index contributed by atoms with van der Waals surface area (Å²) in [5.41, 5.74) is 0.676. The molecule has 0 atom stereocenters. The van der Waals surface area contributed by atoms with Crippen molar-refractivity contribution in [2.24, 2.45) is 0 Å². The number of methoxy groups -OCH3 is 2. The number of anilines is 2. The largest absolute Gasteiger partial charge is 0.497 e. The van der Waals surface area contributed by atoms with Crippen molar-refractivity contribution in [3.63, 3.8) is 0 Å². The lowest BCUT2D eigenvalue weighted by Gasteiger charge is -2.13. The van der Waals surface area contributed by atoms with Gasteiger partial charge < -0.3 is 14.8 Å². The number of nitrogens with zero attached hydrogens (tertiary/aromatic N) is 2. The number of nitrogens with one attached hydrogen (secondary N) is 1. The summed E-state index contributed by atoms with van der Waals surface area (Å²) in [7, 11) is 2.94. The average Bonchev–Trinajstić information content (AvgIpc) is 2.60. The van der Waals surface area contributed by atoms with E-state index in [1.165, 1.54) is 20.3 Å². The molecule has 0 saturated carbocycles. The smallest absolute Gasteiger partial charge is 0.451 e. The van der Waals surface area contributed by atoms with E-state index in [1.807, 2.05) is 0 Å². The summed E-state index contributed by atoms with van der Waals surface area (Å²) in [6, 6.07) is 11.5. The molecule has 0 spiro atoms. The van der Waals surface area contributed by atoms with Crippen LogP contribution >= 0.6 is 0 Å². The fraction of sp³-hybridized carbons (Fsp3) is 0.176. The molecule has 2 aromatic carbocycles. The van der Waals surface area contributed by atoms with Gasteiger partial charge in [-0.2, -0.15) is 13.2 Å². The fourth-order valence-corrected chi connectivity index (χ4v) is 2.30. The summed E-state index contributed by atoms with van der Waals surface area (Å²) >= 11 is 0. The van der Waals surface area contributed by atoms with Crippen LogP contribution in [0.4, 0.5) is 24.7 Å². The molecule has 0 radical (unpaired) electrons. The van der Waals surface area contributed by atoms with Crippen molar-refractivity contribution < 1.29 is 22.6 Å². The van der Waals surface area contributed by atoms with Gasteiger partial charge in [-0.25, -0.2) is 9.97 Å². The molecule has 0 amide bonds. The Kier molecular flexibility index (Phi) is 4.35. The molecule has 130 valence electrons. The predicted octanol–water partition coefficient (Wildman–Crippen LogP) is 4.41. The van der Waals surface area contributed by atoms with Crippen LogP contribution in [0.25, 0.3) is 10.9 Å². The topological polar surface area (TPSA) is 56.3 Å². The van der Waals surface area contributed by atoms with Crippen molar-refractivity contribution in [2.75, 3.05) is 19.5 Å². The van der Waals surface area contributed by atoms with Crippen molar-refractivity contribution in [3.8, 4) is 11.5 Å². The zero-order chi connectivity index (χ0) is 18.0. The van der Waals surface area contributed by atoms with Gasteiger partial charge in [0.05, 0.1) is 19.7 Å². The van der Waals surface area contributed by atoms with Crippen LogP contribution in [0.2, 0.25) is 0 Å². The highest BCUT2D eigenvalue weighted by Crippen LogP contribution is 2.33. The van der Waals surface area contributed by atoms with Crippen LogP contribution in [0, 0.1) is 0 Å². The maximum atomic E-state index is 13.1. The highest BCUT2D eigenvalue weighted by molar-refractivity contribution is 5.91. The molecule has 0 unspecified atom stereocenters. The molecule has 1 N–H and O–H groups in total. The van der Waals surface area contributed by atoms with Gasteiger partial charge in [0.2, 0.25) is 5.82 Å². The number of ether oxygens (including phenoxy) is 2. The van der Waals surface area contributed by atoms with Crippen LogP contribution in [0.5, 0.6) is 11.5 Å². The number of halogens is 3. The SMILES string of the molecule is COc1cccc(Nc2nc(C(F)(F)F)nc3cc(OC)ccc23)c1. The molecule has 0 aliphatic heterocycles. The quantitative estimate of drug-likeness (QED) is 0.756. The Balaban J connectivity index is 2.14. The highest BCUT2D eigenvalue weighted by Gasteiger charge is 2.35. The van der Waals surface area contributed by atoms with Crippen molar-refractivity contribution >= 4 is 22.4 Å².